The van der Waals surface area contributed by atoms with Crippen LogP contribution >= 0.6 is 27.5 Å². The second-order valence-corrected chi connectivity index (χ2v) is 6.84. The van der Waals surface area contributed by atoms with Crippen molar-refractivity contribution in [3.05, 3.63) is 45.9 Å². The predicted octanol–water partition coefficient (Wildman–Crippen LogP) is 4.16. The molecule has 3 aromatic rings. The molecule has 0 saturated heterocycles. The van der Waals surface area contributed by atoms with Gasteiger partial charge in [-0.05, 0) is 34.1 Å². The third-order valence-electron chi connectivity index (χ3n) is 3.67. The van der Waals surface area contributed by atoms with Crippen molar-refractivity contribution in [1.82, 2.24) is 15.3 Å². The van der Waals surface area contributed by atoms with E-state index in [0.29, 0.717) is 37.7 Å². The van der Waals surface area contributed by atoms with Crippen LogP contribution < -0.4 is 21.1 Å². The normalized spacial score (nSPS) is 10.7. The summed E-state index contributed by atoms with van der Waals surface area (Å²) in [6.45, 7) is 0.202. The summed E-state index contributed by atoms with van der Waals surface area (Å²) in [5.74, 6) is 0.178. The van der Waals surface area contributed by atoms with Gasteiger partial charge in [-0.2, -0.15) is 0 Å². The van der Waals surface area contributed by atoms with Crippen molar-refractivity contribution in [2.45, 2.75) is 0 Å². The molecule has 0 aliphatic heterocycles. The molecule has 146 valence electrons. The molecule has 8 nitrogen and oxygen atoms in total. The number of fused-ring (bicyclic) bond motifs is 1. The second kappa shape index (κ2) is 8.44. The average Bonchev–Trinajstić information content (AvgIpc) is 2.64. The van der Waals surface area contributed by atoms with Gasteiger partial charge in [0.1, 0.15) is 30.3 Å². The van der Waals surface area contributed by atoms with Crippen molar-refractivity contribution >= 4 is 61.7 Å². The standard InChI is InChI=1S/C17H14BrClFN5O3/c18-9-4-11(20)14(5-10(9)19)25-16-8-3-12(21)15(6-13(8)23-7-24-16)28-2-1-22-17(26)27/h3-7,22H,1-2,21H2,(H,26,27)(H,23,24,25). The minimum atomic E-state index is -1.14. The van der Waals surface area contributed by atoms with Crippen LogP contribution in [-0.2, 0) is 0 Å². The molecular formula is C17H14BrClFN5O3. The molecule has 0 radical (unpaired) electrons. The first-order chi connectivity index (χ1) is 13.3. The highest BCUT2D eigenvalue weighted by Crippen LogP contribution is 2.34. The van der Waals surface area contributed by atoms with Gasteiger partial charge in [0, 0.05) is 15.9 Å². The van der Waals surface area contributed by atoms with Crippen LogP contribution in [0.15, 0.2) is 35.1 Å². The summed E-state index contributed by atoms with van der Waals surface area (Å²) >= 11 is 9.20. The summed E-state index contributed by atoms with van der Waals surface area (Å²) in [5, 5.41) is 14.5. The molecule has 2 aromatic carbocycles. The lowest BCUT2D eigenvalue weighted by atomic mass is 10.2. The minimum Gasteiger partial charge on any atom is -0.490 e. The largest absolute Gasteiger partial charge is 0.490 e. The van der Waals surface area contributed by atoms with E-state index in [1.807, 2.05) is 0 Å². The smallest absolute Gasteiger partial charge is 0.404 e. The zero-order valence-electron chi connectivity index (χ0n) is 14.2. The maximum absolute atomic E-state index is 14.2. The van der Waals surface area contributed by atoms with Crippen LogP contribution in [0.3, 0.4) is 0 Å². The average molecular weight is 471 g/mol. The Labute approximate surface area is 172 Å². The Morgan fingerprint density at radius 3 is 2.86 bits per heavy atom. The topological polar surface area (TPSA) is 122 Å². The number of nitrogen functional groups attached to an aromatic ring is 1. The van der Waals surface area contributed by atoms with E-state index in [9.17, 15) is 9.18 Å². The van der Waals surface area contributed by atoms with E-state index in [2.05, 4.69) is 36.5 Å². The highest BCUT2D eigenvalue weighted by molar-refractivity contribution is 9.10. The SMILES string of the molecule is Nc1cc2c(Nc3cc(Cl)c(Br)cc3F)ncnc2cc1OCCNC(=O)O. The lowest BCUT2D eigenvalue weighted by Gasteiger charge is -2.13. The predicted molar refractivity (Wildman–Crippen MR) is 108 cm³/mol. The Bertz CT molecular complexity index is 1050. The van der Waals surface area contributed by atoms with Crippen LogP contribution in [0.25, 0.3) is 10.9 Å². The Morgan fingerprint density at radius 2 is 2.11 bits per heavy atom. The first-order valence-electron chi connectivity index (χ1n) is 7.90. The lowest BCUT2D eigenvalue weighted by molar-refractivity contribution is 0.191. The Kier molecular flexibility index (Phi) is 6.00. The molecule has 0 bridgehead atoms. The summed E-state index contributed by atoms with van der Waals surface area (Å²) in [6, 6.07) is 5.88. The summed E-state index contributed by atoms with van der Waals surface area (Å²) < 4.78 is 20.1. The number of nitrogens with two attached hydrogens (primary N) is 1. The minimum absolute atomic E-state index is 0.0980. The quantitative estimate of drug-likeness (QED) is 0.242. The van der Waals surface area contributed by atoms with E-state index in [4.69, 9.17) is 27.2 Å². The summed E-state index contributed by atoms with van der Waals surface area (Å²) in [7, 11) is 0. The number of carbonyl (C=O) groups is 1. The van der Waals surface area contributed by atoms with E-state index in [1.54, 1.807) is 12.1 Å². The van der Waals surface area contributed by atoms with E-state index < -0.39 is 11.9 Å². The fourth-order valence-electron chi connectivity index (χ4n) is 2.39. The van der Waals surface area contributed by atoms with Crippen LogP contribution in [0.2, 0.25) is 5.02 Å². The molecule has 0 fully saturated rings. The Balaban J connectivity index is 1.88. The molecule has 0 aliphatic carbocycles. The van der Waals surface area contributed by atoms with Crippen LogP contribution in [0.4, 0.5) is 26.4 Å². The molecule has 3 rings (SSSR count). The Hall–Kier alpha value is -2.85. The summed E-state index contributed by atoms with van der Waals surface area (Å²) in [5.41, 5.74) is 6.98. The molecule has 1 heterocycles. The molecule has 5 N–H and O–H groups in total. The van der Waals surface area contributed by atoms with E-state index in [0.717, 1.165) is 0 Å². The van der Waals surface area contributed by atoms with Gasteiger partial charge in [-0.25, -0.2) is 19.2 Å². The maximum Gasteiger partial charge on any atom is 0.404 e. The van der Waals surface area contributed by atoms with Gasteiger partial charge in [-0.15, -0.1) is 0 Å². The molecule has 0 atom stereocenters. The maximum atomic E-state index is 14.2. The highest BCUT2D eigenvalue weighted by atomic mass is 79.9. The number of hydrogen-bond acceptors (Lipinski definition) is 6. The first-order valence-corrected chi connectivity index (χ1v) is 9.07. The fraction of sp³-hybridized carbons (Fsp3) is 0.118. The number of carboxylic acid groups (broad SMARTS) is 1. The summed E-state index contributed by atoms with van der Waals surface area (Å²) in [4.78, 5) is 18.8. The number of hydrogen-bond donors (Lipinski definition) is 4. The van der Waals surface area contributed by atoms with Crippen molar-refractivity contribution < 1.29 is 19.0 Å². The number of nitrogens with one attached hydrogen (secondary N) is 2. The second-order valence-electron chi connectivity index (χ2n) is 5.58. The molecule has 11 heteroatoms. The zero-order valence-corrected chi connectivity index (χ0v) is 16.5. The fourth-order valence-corrected chi connectivity index (χ4v) is 2.87. The highest BCUT2D eigenvalue weighted by Gasteiger charge is 2.13. The third kappa shape index (κ3) is 4.52. The molecule has 0 aliphatic rings. The molecule has 28 heavy (non-hydrogen) atoms. The summed E-state index contributed by atoms with van der Waals surface area (Å²) in [6.07, 6.45) is 0.174. The van der Waals surface area contributed by atoms with Crippen molar-refractivity contribution in [1.29, 1.82) is 0 Å². The number of aromatic nitrogens is 2. The van der Waals surface area contributed by atoms with E-state index in [-0.39, 0.29) is 18.8 Å². The van der Waals surface area contributed by atoms with Crippen LogP contribution in [-0.4, -0.2) is 34.3 Å². The van der Waals surface area contributed by atoms with Gasteiger partial charge >= 0.3 is 6.09 Å². The number of halogens is 3. The number of amides is 1. The number of nitrogens with zero attached hydrogens (tertiary/aromatic N) is 2. The third-order valence-corrected chi connectivity index (χ3v) is 4.86. The van der Waals surface area contributed by atoms with Crippen LogP contribution in [0.1, 0.15) is 0 Å². The van der Waals surface area contributed by atoms with Gasteiger partial charge in [-0.3, -0.25) is 0 Å². The molecule has 1 amide bonds. The van der Waals surface area contributed by atoms with E-state index >= 15 is 0 Å². The van der Waals surface area contributed by atoms with Gasteiger partial charge < -0.3 is 26.2 Å². The number of rotatable bonds is 6. The van der Waals surface area contributed by atoms with Crippen molar-refractivity contribution in [3.63, 3.8) is 0 Å². The molecular weight excluding hydrogens is 457 g/mol. The van der Waals surface area contributed by atoms with Gasteiger partial charge in [-0.1, -0.05) is 11.6 Å². The van der Waals surface area contributed by atoms with E-state index in [1.165, 1.54) is 18.5 Å². The van der Waals surface area contributed by atoms with Crippen molar-refractivity contribution in [3.8, 4) is 5.75 Å². The van der Waals surface area contributed by atoms with Gasteiger partial charge in [0.05, 0.1) is 28.5 Å². The van der Waals surface area contributed by atoms with Crippen molar-refractivity contribution in [2.24, 2.45) is 0 Å². The van der Waals surface area contributed by atoms with Crippen LogP contribution in [0.5, 0.6) is 5.75 Å². The first kappa shape index (κ1) is 19.9. The molecule has 0 saturated carbocycles. The van der Waals surface area contributed by atoms with Gasteiger partial charge in [0.15, 0.2) is 0 Å². The van der Waals surface area contributed by atoms with Gasteiger partial charge in [0.2, 0.25) is 0 Å². The lowest BCUT2D eigenvalue weighted by Crippen LogP contribution is -2.26. The number of benzene rings is 2. The van der Waals surface area contributed by atoms with Crippen LogP contribution in [0, 0.1) is 5.82 Å². The Morgan fingerprint density at radius 1 is 1.32 bits per heavy atom. The zero-order chi connectivity index (χ0) is 20.3. The molecule has 0 spiro atoms. The monoisotopic (exact) mass is 469 g/mol. The molecule has 1 aromatic heterocycles. The number of anilines is 3. The van der Waals surface area contributed by atoms with Gasteiger partial charge in [0.25, 0.3) is 0 Å². The molecule has 0 unspecified atom stereocenters. The number of ether oxygens (including phenoxy) is 1. The van der Waals surface area contributed by atoms with Crippen molar-refractivity contribution in [2.75, 3.05) is 24.2 Å².